The molecule has 0 atom stereocenters. The summed E-state index contributed by atoms with van der Waals surface area (Å²) < 4.78 is 54.0. The van der Waals surface area contributed by atoms with Gasteiger partial charge in [0.2, 0.25) is 20.0 Å². The summed E-state index contributed by atoms with van der Waals surface area (Å²) in [5, 5.41) is 0. The van der Waals surface area contributed by atoms with Crippen LogP contribution in [0, 0.1) is 0 Å². The molecule has 0 saturated carbocycles. The third-order valence-corrected chi connectivity index (χ3v) is 7.73. The van der Waals surface area contributed by atoms with Crippen molar-refractivity contribution in [2.75, 3.05) is 23.1 Å². The zero-order valence-electron chi connectivity index (χ0n) is 13.2. The number of fused-ring (bicyclic) bond motifs is 1. The molecule has 0 fully saturated rings. The summed E-state index contributed by atoms with van der Waals surface area (Å²) in [6, 6.07) is 13.5. The van der Waals surface area contributed by atoms with Crippen molar-refractivity contribution in [3.8, 4) is 0 Å². The fraction of sp³-hybridized carbons (Fsp3) is 0.250. The van der Waals surface area contributed by atoms with Gasteiger partial charge in [-0.05, 0) is 42.3 Å². The molecule has 0 aliphatic carbocycles. The average molecular weight is 445 g/mol. The standard InChI is InChI=1S/C16H17BrN2O4S2/c17-14-5-7-15(8-6-14)25(22,23)18-10-12-24(20,21)19-11-9-13-3-1-2-4-16(13)19/h1-8,18H,9-12H2. The van der Waals surface area contributed by atoms with Crippen molar-refractivity contribution < 1.29 is 16.8 Å². The van der Waals surface area contributed by atoms with Gasteiger partial charge in [0.15, 0.2) is 0 Å². The predicted octanol–water partition coefficient (Wildman–Crippen LogP) is 2.12. The Balaban J connectivity index is 1.66. The van der Waals surface area contributed by atoms with Gasteiger partial charge in [-0.15, -0.1) is 0 Å². The summed E-state index contributed by atoms with van der Waals surface area (Å²) >= 11 is 3.24. The van der Waals surface area contributed by atoms with Crippen molar-refractivity contribution in [2.45, 2.75) is 11.3 Å². The molecule has 0 amide bonds. The second-order valence-electron chi connectivity index (χ2n) is 5.62. The molecular weight excluding hydrogens is 428 g/mol. The first-order valence-electron chi connectivity index (χ1n) is 7.63. The van der Waals surface area contributed by atoms with E-state index in [-0.39, 0.29) is 17.2 Å². The zero-order chi connectivity index (χ0) is 18.1. The molecule has 0 unspecified atom stereocenters. The number of nitrogens with zero attached hydrogens (tertiary/aromatic N) is 1. The predicted molar refractivity (Wildman–Crippen MR) is 101 cm³/mol. The van der Waals surface area contributed by atoms with E-state index in [2.05, 4.69) is 20.7 Å². The normalized spacial score (nSPS) is 14.5. The number of hydrogen-bond acceptors (Lipinski definition) is 4. The lowest BCUT2D eigenvalue weighted by Crippen LogP contribution is -2.36. The summed E-state index contributed by atoms with van der Waals surface area (Å²) in [4.78, 5) is 0.0969. The molecule has 1 aliphatic heterocycles. The molecule has 2 aromatic rings. The molecule has 9 heteroatoms. The Kier molecular flexibility index (Phi) is 5.19. The summed E-state index contributed by atoms with van der Waals surface area (Å²) in [6.45, 7) is 0.209. The summed E-state index contributed by atoms with van der Waals surface area (Å²) in [6.07, 6.45) is 0.667. The molecule has 3 rings (SSSR count). The average Bonchev–Trinajstić information content (AvgIpc) is 3.00. The summed E-state index contributed by atoms with van der Waals surface area (Å²) in [5.41, 5.74) is 1.67. The number of sulfonamides is 2. The quantitative estimate of drug-likeness (QED) is 0.739. The van der Waals surface area contributed by atoms with Gasteiger partial charge in [0.25, 0.3) is 0 Å². The van der Waals surface area contributed by atoms with E-state index >= 15 is 0 Å². The Labute approximate surface area is 156 Å². The Morgan fingerprint density at radius 3 is 2.40 bits per heavy atom. The monoisotopic (exact) mass is 444 g/mol. The number of benzene rings is 2. The maximum Gasteiger partial charge on any atom is 0.240 e. The van der Waals surface area contributed by atoms with E-state index in [1.54, 1.807) is 24.3 Å². The first-order chi connectivity index (χ1) is 11.8. The van der Waals surface area contributed by atoms with Crippen LogP contribution in [0.1, 0.15) is 5.56 Å². The highest BCUT2D eigenvalue weighted by Gasteiger charge is 2.29. The molecular formula is C16H17BrN2O4S2. The number of anilines is 1. The SMILES string of the molecule is O=S(=O)(NCCS(=O)(=O)N1CCc2ccccc21)c1ccc(Br)cc1. The fourth-order valence-corrected chi connectivity index (χ4v) is 5.56. The van der Waals surface area contributed by atoms with Gasteiger partial charge in [0.1, 0.15) is 0 Å². The highest BCUT2D eigenvalue weighted by molar-refractivity contribution is 9.10. The van der Waals surface area contributed by atoms with Crippen LogP contribution in [0.2, 0.25) is 0 Å². The Bertz CT molecular complexity index is 973. The molecule has 0 aromatic heterocycles. The number of hydrogen-bond donors (Lipinski definition) is 1. The molecule has 0 saturated heterocycles. The van der Waals surface area contributed by atoms with Gasteiger partial charge in [-0.3, -0.25) is 4.31 Å². The minimum Gasteiger partial charge on any atom is -0.270 e. The van der Waals surface area contributed by atoms with E-state index in [0.717, 1.165) is 10.0 Å². The molecule has 0 bridgehead atoms. The van der Waals surface area contributed by atoms with Crippen molar-refractivity contribution in [1.82, 2.24) is 4.72 Å². The lowest BCUT2D eigenvalue weighted by Gasteiger charge is -2.19. The van der Waals surface area contributed by atoms with Gasteiger partial charge in [0, 0.05) is 17.6 Å². The summed E-state index contributed by atoms with van der Waals surface area (Å²) in [7, 11) is -7.32. The molecule has 1 aliphatic rings. The minimum atomic E-state index is -3.74. The van der Waals surface area contributed by atoms with Crippen molar-refractivity contribution in [3.63, 3.8) is 0 Å². The van der Waals surface area contributed by atoms with E-state index in [1.165, 1.54) is 16.4 Å². The number of rotatable bonds is 6. The maximum atomic E-state index is 12.5. The molecule has 2 aromatic carbocycles. The van der Waals surface area contributed by atoms with Gasteiger partial charge >= 0.3 is 0 Å². The highest BCUT2D eigenvalue weighted by Crippen LogP contribution is 2.29. The van der Waals surface area contributed by atoms with Gasteiger partial charge in [-0.1, -0.05) is 34.1 Å². The fourth-order valence-electron chi connectivity index (χ4n) is 2.71. The third-order valence-electron chi connectivity index (χ3n) is 3.96. The van der Waals surface area contributed by atoms with E-state index in [0.29, 0.717) is 18.7 Å². The second kappa shape index (κ2) is 7.06. The third kappa shape index (κ3) is 4.05. The molecule has 25 heavy (non-hydrogen) atoms. The lowest BCUT2D eigenvalue weighted by atomic mass is 10.2. The molecule has 1 heterocycles. The first-order valence-corrected chi connectivity index (χ1v) is 11.5. The van der Waals surface area contributed by atoms with Gasteiger partial charge < -0.3 is 0 Å². The van der Waals surface area contributed by atoms with Crippen LogP contribution in [0.4, 0.5) is 5.69 Å². The van der Waals surface area contributed by atoms with Crippen molar-refractivity contribution in [2.24, 2.45) is 0 Å². The van der Waals surface area contributed by atoms with E-state index in [4.69, 9.17) is 0 Å². The Morgan fingerprint density at radius 1 is 1.00 bits per heavy atom. The molecule has 1 N–H and O–H groups in total. The van der Waals surface area contributed by atoms with Crippen LogP contribution >= 0.6 is 15.9 Å². The Hall–Kier alpha value is -1.42. The smallest absolute Gasteiger partial charge is 0.240 e. The van der Waals surface area contributed by atoms with Crippen molar-refractivity contribution in [1.29, 1.82) is 0 Å². The van der Waals surface area contributed by atoms with Crippen LogP contribution in [-0.2, 0) is 26.5 Å². The molecule has 0 spiro atoms. The van der Waals surface area contributed by atoms with E-state index in [9.17, 15) is 16.8 Å². The lowest BCUT2D eigenvalue weighted by molar-refractivity contribution is 0.580. The van der Waals surface area contributed by atoms with Crippen LogP contribution < -0.4 is 9.03 Å². The largest absolute Gasteiger partial charge is 0.270 e. The second-order valence-corrected chi connectivity index (χ2v) is 10.3. The van der Waals surface area contributed by atoms with Crippen LogP contribution in [0.5, 0.6) is 0 Å². The first kappa shape index (κ1) is 18.4. The minimum absolute atomic E-state index is 0.0969. The number of halogens is 1. The zero-order valence-corrected chi connectivity index (χ0v) is 16.4. The van der Waals surface area contributed by atoms with E-state index < -0.39 is 20.0 Å². The number of nitrogens with one attached hydrogen (secondary N) is 1. The van der Waals surface area contributed by atoms with Crippen molar-refractivity contribution >= 4 is 41.7 Å². The Morgan fingerprint density at radius 2 is 1.68 bits per heavy atom. The van der Waals surface area contributed by atoms with E-state index in [1.807, 2.05) is 12.1 Å². The number of para-hydroxylation sites is 1. The van der Waals surface area contributed by atoms with Crippen LogP contribution in [0.3, 0.4) is 0 Å². The van der Waals surface area contributed by atoms with Gasteiger partial charge in [0.05, 0.1) is 16.3 Å². The van der Waals surface area contributed by atoms with Gasteiger partial charge in [-0.25, -0.2) is 21.6 Å². The summed E-state index contributed by atoms with van der Waals surface area (Å²) in [5.74, 6) is -0.295. The molecule has 6 nitrogen and oxygen atoms in total. The maximum absolute atomic E-state index is 12.5. The van der Waals surface area contributed by atoms with Crippen LogP contribution in [-0.4, -0.2) is 35.7 Å². The molecule has 0 radical (unpaired) electrons. The van der Waals surface area contributed by atoms with Crippen LogP contribution in [0.15, 0.2) is 57.9 Å². The van der Waals surface area contributed by atoms with Crippen molar-refractivity contribution in [3.05, 3.63) is 58.6 Å². The van der Waals surface area contributed by atoms with Crippen LogP contribution in [0.25, 0.3) is 0 Å². The van der Waals surface area contributed by atoms with Gasteiger partial charge in [-0.2, -0.15) is 0 Å². The topological polar surface area (TPSA) is 83.5 Å². The highest BCUT2D eigenvalue weighted by atomic mass is 79.9. The molecule has 134 valence electrons.